The molecule has 1 amide bonds. The normalized spacial score (nSPS) is 18.4. The molecule has 1 aliphatic rings. The van der Waals surface area contributed by atoms with Crippen LogP contribution in [0.4, 0.5) is 4.79 Å². The molecule has 0 aromatic rings. The van der Waals surface area contributed by atoms with Crippen LogP contribution in [0.3, 0.4) is 0 Å². The van der Waals surface area contributed by atoms with Gasteiger partial charge in [-0.3, -0.25) is 0 Å². The molecular formula is C11H23N3O2. The zero-order chi connectivity index (χ0) is 12.2. The average Bonchev–Trinajstić information content (AvgIpc) is 2.16. The van der Waals surface area contributed by atoms with Crippen molar-refractivity contribution in [3.63, 3.8) is 0 Å². The Morgan fingerprint density at radius 3 is 2.25 bits per heavy atom. The summed E-state index contributed by atoms with van der Waals surface area (Å²) in [7, 11) is 0. The highest BCUT2D eigenvalue weighted by molar-refractivity contribution is 5.63. The van der Waals surface area contributed by atoms with Crippen molar-refractivity contribution >= 4 is 6.09 Å². The summed E-state index contributed by atoms with van der Waals surface area (Å²) in [5, 5.41) is 10.2. The molecule has 0 radical (unpaired) electrons. The van der Waals surface area contributed by atoms with E-state index in [0.29, 0.717) is 0 Å². The number of carboxylic acid groups (broad SMARTS) is 1. The van der Waals surface area contributed by atoms with Crippen LogP contribution in [0.2, 0.25) is 0 Å². The lowest BCUT2D eigenvalue weighted by molar-refractivity contribution is 0.0430. The van der Waals surface area contributed by atoms with Crippen molar-refractivity contribution in [2.24, 2.45) is 0 Å². The van der Waals surface area contributed by atoms with E-state index < -0.39 is 6.09 Å². The van der Waals surface area contributed by atoms with Gasteiger partial charge in [0.15, 0.2) is 0 Å². The van der Waals surface area contributed by atoms with Crippen LogP contribution in [-0.4, -0.2) is 27.9 Å². The van der Waals surface area contributed by atoms with E-state index in [9.17, 15) is 4.79 Å². The highest BCUT2D eigenvalue weighted by Gasteiger charge is 2.23. The predicted octanol–water partition coefficient (Wildman–Crippen LogP) is 2.11. The second-order valence-electron chi connectivity index (χ2n) is 5.44. The average molecular weight is 229 g/mol. The van der Waals surface area contributed by atoms with Crippen molar-refractivity contribution < 1.29 is 9.90 Å². The highest BCUT2D eigenvalue weighted by atomic mass is 16.4. The Labute approximate surface area is 97.1 Å². The summed E-state index contributed by atoms with van der Waals surface area (Å²) in [5.41, 5.74) is 5.70. The number of hydrogen-bond donors (Lipinski definition) is 3. The van der Waals surface area contributed by atoms with Crippen LogP contribution in [0.5, 0.6) is 0 Å². The van der Waals surface area contributed by atoms with Gasteiger partial charge in [-0.05, 0) is 33.6 Å². The lowest BCUT2D eigenvalue weighted by Crippen LogP contribution is -2.60. The van der Waals surface area contributed by atoms with E-state index in [-0.39, 0.29) is 11.6 Å². The van der Waals surface area contributed by atoms with Gasteiger partial charge < -0.3 is 5.11 Å². The first-order valence-electron chi connectivity index (χ1n) is 5.95. The third kappa shape index (κ3) is 4.81. The number of nitrogens with one attached hydrogen (secondary N) is 2. The van der Waals surface area contributed by atoms with Crippen molar-refractivity contribution in [3.8, 4) is 0 Å². The Balaban J connectivity index is 2.47. The zero-order valence-corrected chi connectivity index (χ0v) is 10.4. The van der Waals surface area contributed by atoms with E-state index in [1.54, 1.807) is 0 Å². The highest BCUT2D eigenvalue weighted by Crippen LogP contribution is 2.17. The monoisotopic (exact) mass is 229 g/mol. The van der Waals surface area contributed by atoms with Crippen molar-refractivity contribution in [2.45, 2.75) is 64.5 Å². The topological polar surface area (TPSA) is 64.6 Å². The number of amides is 1. The molecule has 1 rings (SSSR count). The van der Waals surface area contributed by atoms with Crippen LogP contribution in [0.15, 0.2) is 0 Å². The fourth-order valence-corrected chi connectivity index (χ4v) is 1.88. The summed E-state index contributed by atoms with van der Waals surface area (Å²) in [6, 6.07) is 0.277. The van der Waals surface area contributed by atoms with E-state index in [4.69, 9.17) is 5.11 Å². The van der Waals surface area contributed by atoms with Gasteiger partial charge in [0.2, 0.25) is 0 Å². The minimum Gasteiger partial charge on any atom is -0.463 e. The van der Waals surface area contributed by atoms with E-state index in [1.807, 2.05) is 20.8 Å². The van der Waals surface area contributed by atoms with E-state index in [1.165, 1.54) is 19.3 Å². The van der Waals surface area contributed by atoms with Crippen LogP contribution in [0.1, 0.15) is 52.9 Å². The molecule has 0 aromatic carbocycles. The van der Waals surface area contributed by atoms with Gasteiger partial charge in [0.1, 0.15) is 0 Å². The minimum atomic E-state index is -0.986. The van der Waals surface area contributed by atoms with Gasteiger partial charge in [0, 0.05) is 11.6 Å². The van der Waals surface area contributed by atoms with Crippen LogP contribution >= 0.6 is 0 Å². The first kappa shape index (κ1) is 13.3. The first-order valence-corrected chi connectivity index (χ1v) is 5.95. The quantitative estimate of drug-likeness (QED) is 0.648. The summed E-state index contributed by atoms with van der Waals surface area (Å²) < 4.78 is 0. The van der Waals surface area contributed by atoms with E-state index in [2.05, 4.69) is 10.9 Å². The molecule has 0 atom stereocenters. The molecule has 0 bridgehead atoms. The summed E-state index contributed by atoms with van der Waals surface area (Å²) >= 11 is 0. The molecule has 0 saturated heterocycles. The van der Waals surface area contributed by atoms with Gasteiger partial charge in [0.25, 0.3) is 0 Å². The maximum Gasteiger partial charge on any atom is 0.437 e. The van der Waals surface area contributed by atoms with Crippen LogP contribution in [0.25, 0.3) is 0 Å². The Kier molecular flexibility index (Phi) is 4.56. The number of rotatable bonds is 3. The largest absolute Gasteiger partial charge is 0.463 e. The molecule has 1 aliphatic carbocycles. The van der Waals surface area contributed by atoms with Gasteiger partial charge in [-0.1, -0.05) is 19.3 Å². The van der Waals surface area contributed by atoms with Gasteiger partial charge in [0.05, 0.1) is 0 Å². The maximum absolute atomic E-state index is 11.1. The van der Waals surface area contributed by atoms with Gasteiger partial charge in [-0.15, -0.1) is 0 Å². The summed E-state index contributed by atoms with van der Waals surface area (Å²) in [6.45, 7) is 5.81. The third-order valence-electron chi connectivity index (χ3n) is 2.56. The molecule has 94 valence electrons. The molecule has 0 heterocycles. The second kappa shape index (κ2) is 5.50. The van der Waals surface area contributed by atoms with Crippen molar-refractivity contribution in [1.82, 2.24) is 16.0 Å². The number of carbonyl (C=O) groups is 1. The lowest BCUT2D eigenvalue weighted by Gasteiger charge is -2.33. The smallest absolute Gasteiger partial charge is 0.437 e. The van der Waals surface area contributed by atoms with E-state index in [0.717, 1.165) is 18.0 Å². The fraction of sp³-hybridized carbons (Fsp3) is 0.909. The number of nitrogens with zero attached hydrogens (tertiary/aromatic N) is 1. The van der Waals surface area contributed by atoms with Crippen molar-refractivity contribution in [1.29, 1.82) is 0 Å². The molecule has 5 nitrogen and oxygen atoms in total. The Morgan fingerprint density at radius 2 is 1.81 bits per heavy atom. The molecule has 1 saturated carbocycles. The van der Waals surface area contributed by atoms with E-state index >= 15 is 0 Å². The molecule has 0 aliphatic heterocycles. The number of hydrogen-bond acceptors (Lipinski definition) is 3. The zero-order valence-electron chi connectivity index (χ0n) is 10.4. The number of hydrazine groups is 2. The summed E-state index contributed by atoms with van der Waals surface area (Å²) in [4.78, 5) is 11.1. The Morgan fingerprint density at radius 1 is 1.25 bits per heavy atom. The first-order chi connectivity index (χ1) is 7.38. The van der Waals surface area contributed by atoms with Crippen molar-refractivity contribution in [3.05, 3.63) is 0 Å². The molecule has 0 spiro atoms. The second-order valence-corrected chi connectivity index (χ2v) is 5.44. The Hall–Kier alpha value is -0.810. The van der Waals surface area contributed by atoms with Crippen LogP contribution < -0.4 is 10.9 Å². The molecule has 3 N–H and O–H groups in total. The molecule has 5 heteroatoms. The van der Waals surface area contributed by atoms with Gasteiger partial charge >= 0.3 is 6.09 Å². The van der Waals surface area contributed by atoms with Crippen LogP contribution in [0, 0.1) is 0 Å². The molecule has 0 unspecified atom stereocenters. The summed E-state index contributed by atoms with van der Waals surface area (Å²) in [6.07, 6.45) is 4.74. The Bertz CT molecular complexity index is 232. The predicted molar refractivity (Wildman–Crippen MR) is 62.8 cm³/mol. The molecule has 0 aromatic heterocycles. The minimum absolute atomic E-state index is 0.264. The molecule has 1 fully saturated rings. The SMILES string of the molecule is CC(C)(C)NN(NC1CCCCC1)C(=O)O. The van der Waals surface area contributed by atoms with Gasteiger partial charge in [-0.2, -0.15) is 5.12 Å². The van der Waals surface area contributed by atoms with Crippen LogP contribution in [-0.2, 0) is 0 Å². The van der Waals surface area contributed by atoms with Gasteiger partial charge in [-0.25, -0.2) is 15.6 Å². The molecule has 16 heavy (non-hydrogen) atoms. The standard InChI is InChI=1S/C11H23N3O2/c1-11(2,3)13-14(10(15)16)12-9-7-5-4-6-8-9/h9,12-13H,4-8H2,1-3H3,(H,15,16). The third-order valence-corrected chi connectivity index (χ3v) is 2.56. The lowest BCUT2D eigenvalue weighted by atomic mass is 9.96. The fourth-order valence-electron chi connectivity index (χ4n) is 1.88. The molecular weight excluding hydrogens is 206 g/mol. The summed E-state index contributed by atoms with van der Waals surface area (Å²) in [5.74, 6) is 0. The maximum atomic E-state index is 11.1. The van der Waals surface area contributed by atoms with Crippen molar-refractivity contribution in [2.75, 3.05) is 0 Å².